The van der Waals surface area contributed by atoms with Gasteiger partial charge in [0.1, 0.15) is 4.75 Å². The lowest BCUT2D eigenvalue weighted by atomic mass is 9.99. The van der Waals surface area contributed by atoms with Crippen LogP contribution in [0.15, 0.2) is 18.2 Å². The Bertz CT molecular complexity index is 674. The van der Waals surface area contributed by atoms with Gasteiger partial charge in [-0.3, -0.25) is 0 Å². The highest BCUT2D eigenvalue weighted by Gasteiger charge is 2.69. The van der Waals surface area contributed by atoms with E-state index in [1.807, 2.05) is 32.0 Å². The van der Waals surface area contributed by atoms with Crippen LogP contribution in [0.3, 0.4) is 0 Å². The van der Waals surface area contributed by atoms with Crippen molar-refractivity contribution in [3.05, 3.63) is 34.3 Å². The van der Waals surface area contributed by atoms with Crippen LogP contribution in [0.1, 0.15) is 37.8 Å². The Morgan fingerprint density at radius 2 is 2.24 bits per heavy atom. The van der Waals surface area contributed by atoms with Gasteiger partial charge in [-0.25, -0.2) is 8.42 Å². The van der Waals surface area contributed by atoms with Gasteiger partial charge in [0.05, 0.1) is 0 Å². The second-order valence-electron chi connectivity index (χ2n) is 6.20. The van der Waals surface area contributed by atoms with Gasteiger partial charge < -0.3 is 5.73 Å². The number of nitrogens with zero attached hydrogens (tertiary/aromatic N) is 1. The third-order valence-electron chi connectivity index (χ3n) is 4.74. The average molecular weight is 329 g/mol. The van der Waals surface area contributed by atoms with E-state index in [0.29, 0.717) is 24.5 Å². The van der Waals surface area contributed by atoms with Crippen LogP contribution in [-0.4, -0.2) is 25.3 Å². The van der Waals surface area contributed by atoms with Gasteiger partial charge in [-0.2, -0.15) is 4.31 Å². The molecular formula is C15H21ClN2O2S. The number of hydrogen-bond donors (Lipinski definition) is 1. The maximum atomic E-state index is 13.1. The third kappa shape index (κ3) is 2.05. The van der Waals surface area contributed by atoms with Crippen LogP contribution in [0.4, 0.5) is 0 Å². The number of rotatable bonds is 3. The van der Waals surface area contributed by atoms with E-state index < -0.39 is 14.8 Å². The van der Waals surface area contributed by atoms with E-state index in [2.05, 4.69) is 0 Å². The van der Waals surface area contributed by atoms with Crippen molar-refractivity contribution < 1.29 is 8.42 Å². The predicted octanol–water partition coefficient (Wildman–Crippen LogP) is 2.46. The average Bonchev–Trinajstić information content (AvgIpc) is 3.15. The summed E-state index contributed by atoms with van der Waals surface area (Å²) in [5.41, 5.74) is 7.95. The third-order valence-corrected chi connectivity index (χ3v) is 7.58. The monoisotopic (exact) mass is 328 g/mol. The number of fused-ring (bicyclic) bond motifs is 2. The fraction of sp³-hybridized carbons (Fsp3) is 0.600. The summed E-state index contributed by atoms with van der Waals surface area (Å²) in [6.45, 7) is 4.88. The Balaban J connectivity index is 2.18. The second-order valence-corrected chi connectivity index (χ2v) is 8.83. The molecule has 6 heteroatoms. The molecule has 0 amide bonds. The van der Waals surface area contributed by atoms with Gasteiger partial charge in [0.25, 0.3) is 0 Å². The Morgan fingerprint density at radius 3 is 2.81 bits per heavy atom. The van der Waals surface area contributed by atoms with Crippen LogP contribution in [0, 0.1) is 5.92 Å². The summed E-state index contributed by atoms with van der Waals surface area (Å²) in [7, 11) is -3.38. The molecule has 1 aliphatic carbocycles. The molecule has 21 heavy (non-hydrogen) atoms. The molecule has 1 aromatic rings. The van der Waals surface area contributed by atoms with Crippen molar-refractivity contribution in [3.63, 3.8) is 0 Å². The smallest absolute Gasteiger partial charge is 0.224 e. The number of benzene rings is 1. The van der Waals surface area contributed by atoms with Gasteiger partial charge in [0.15, 0.2) is 0 Å². The largest absolute Gasteiger partial charge is 0.328 e. The molecule has 3 unspecified atom stereocenters. The molecule has 2 aliphatic rings. The number of hydrogen-bond acceptors (Lipinski definition) is 3. The molecule has 0 aromatic heterocycles. The Hall–Kier alpha value is -0.620. The highest BCUT2D eigenvalue weighted by atomic mass is 35.5. The minimum absolute atomic E-state index is 0.0284. The zero-order chi connectivity index (χ0) is 15.4. The van der Waals surface area contributed by atoms with Crippen molar-refractivity contribution in [1.29, 1.82) is 0 Å². The summed E-state index contributed by atoms with van der Waals surface area (Å²) in [5.74, 6) is -0.0284. The van der Waals surface area contributed by atoms with E-state index in [4.69, 9.17) is 17.3 Å². The number of sulfonamides is 1. The maximum Gasteiger partial charge on any atom is 0.224 e. The summed E-state index contributed by atoms with van der Waals surface area (Å²) in [5, 5.41) is 0.586. The van der Waals surface area contributed by atoms with Crippen molar-refractivity contribution in [1.82, 2.24) is 4.31 Å². The quantitative estimate of drug-likeness (QED) is 0.927. The molecule has 1 saturated carbocycles. The van der Waals surface area contributed by atoms with E-state index in [0.717, 1.165) is 17.5 Å². The molecule has 116 valence electrons. The molecule has 0 bridgehead atoms. The standard InChI is InChI=1S/C15H21ClN2O2S/c1-3-6-18-9-11-4-5-12(16)7-13(11)15(21(18,19)20)8-14(15)10(2)17/h4-5,7,10,14H,3,6,8-9,17H2,1-2H3. The minimum Gasteiger partial charge on any atom is -0.328 e. The Morgan fingerprint density at radius 1 is 1.52 bits per heavy atom. The second kappa shape index (κ2) is 4.95. The highest BCUT2D eigenvalue weighted by molar-refractivity contribution is 7.90. The Kier molecular flexibility index (Phi) is 3.60. The summed E-state index contributed by atoms with van der Waals surface area (Å²) >= 11 is 6.11. The van der Waals surface area contributed by atoms with Crippen LogP contribution in [0.25, 0.3) is 0 Å². The SMILES string of the molecule is CCCN1Cc2ccc(Cl)cc2C2(CC2C(C)N)S1(=O)=O. The molecular weight excluding hydrogens is 308 g/mol. The van der Waals surface area contributed by atoms with E-state index in [1.54, 1.807) is 4.31 Å². The molecule has 0 saturated heterocycles. The first-order chi connectivity index (χ1) is 9.84. The molecule has 4 nitrogen and oxygen atoms in total. The van der Waals surface area contributed by atoms with Crippen molar-refractivity contribution >= 4 is 21.6 Å². The fourth-order valence-corrected chi connectivity index (χ4v) is 6.48. The van der Waals surface area contributed by atoms with Gasteiger partial charge >= 0.3 is 0 Å². The van der Waals surface area contributed by atoms with Crippen molar-refractivity contribution in [3.8, 4) is 0 Å². The zero-order valence-electron chi connectivity index (χ0n) is 12.3. The molecule has 1 heterocycles. The lowest BCUT2D eigenvalue weighted by Crippen LogP contribution is -2.46. The summed E-state index contributed by atoms with van der Waals surface area (Å²) in [6.07, 6.45) is 1.40. The normalized spacial score (nSPS) is 31.9. The molecule has 3 atom stereocenters. The van der Waals surface area contributed by atoms with Crippen LogP contribution in [0.2, 0.25) is 5.02 Å². The predicted molar refractivity (Wildman–Crippen MR) is 84.5 cm³/mol. The number of halogens is 1. The fourth-order valence-electron chi connectivity index (χ4n) is 3.66. The van der Waals surface area contributed by atoms with Crippen molar-refractivity contribution in [2.45, 2.75) is 44.0 Å². The number of nitrogens with two attached hydrogens (primary N) is 1. The van der Waals surface area contributed by atoms with E-state index in [9.17, 15) is 8.42 Å². The van der Waals surface area contributed by atoms with Crippen LogP contribution >= 0.6 is 11.6 Å². The summed E-state index contributed by atoms with van der Waals surface area (Å²) < 4.78 is 27.0. The van der Waals surface area contributed by atoms with Gasteiger partial charge in [-0.15, -0.1) is 0 Å². The Labute approximate surface area is 131 Å². The molecule has 2 N–H and O–H groups in total. The molecule has 1 spiro atoms. The first-order valence-electron chi connectivity index (χ1n) is 7.38. The molecule has 1 aliphatic heterocycles. The summed E-state index contributed by atoms with van der Waals surface area (Å²) in [6, 6.07) is 5.46. The van der Waals surface area contributed by atoms with Crippen LogP contribution in [-0.2, 0) is 21.3 Å². The molecule has 1 fully saturated rings. The maximum absolute atomic E-state index is 13.1. The van der Waals surface area contributed by atoms with Crippen molar-refractivity contribution in [2.75, 3.05) is 6.54 Å². The van der Waals surface area contributed by atoms with Crippen LogP contribution < -0.4 is 5.73 Å². The van der Waals surface area contributed by atoms with E-state index >= 15 is 0 Å². The lowest BCUT2D eigenvalue weighted by Gasteiger charge is -2.36. The first-order valence-corrected chi connectivity index (χ1v) is 9.20. The van der Waals surface area contributed by atoms with Crippen LogP contribution in [0.5, 0.6) is 0 Å². The van der Waals surface area contributed by atoms with Gasteiger partial charge in [0.2, 0.25) is 10.0 Å². The van der Waals surface area contributed by atoms with Crippen molar-refractivity contribution in [2.24, 2.45) is 11.7 Å². The van der Waals surface area contributed by atoms with E-state index in [1.165, 1.54) is 0 Å². The minimum atomic E-state index is -3.38. The van der Waals surface area contributed by atoms with Gasteiger partial charge in [0, 0.05) is 30.1 Å². The van der Waals surface area contributed by atoms with Gasteiger partial charge in [-0.1, -0.05) is 24.6 Å². The lowest BCUT2D eigenvalue weighted by molar-refractivity contribution is 0.377. The highest BCUT2D eigenvalue weighted by Crippen LogP contribution is 2.63. The zero-order valence-corrected chi connectivity index (χ0v) is 13.9. The van der Waals surface area contributed by atoms with E-state index in [-0.39, 0.29) is 12.0 Å². The molecule has 0 radical (unpaired) electrons. The van der Waals surface area contributed by atoms with Gasteiger partial charge in [-0.05, 0) is 43.0 Å². The molecule has 1 aromatic carbocycles. The first kappa shape index (κ1) is 15.3. The topological polar surface area (TPSA) is 63.4 Å². The summed E-state index contributed by atoms with van der Waals surface area (Å²) in [4.78, 5) is 0. The molecule has 3 rings (SSSR count).